The molecule has 0 fully saturated rings. The number of thiazole rings is 1. The van der Waals surface area contributed by atoms with Crippen LogP contribution in [0.15, 0.2) is 45.4 Å². The number of carbonyl (C=O) groups is 1. The molecule has 0 aliphatic rings. The number of hydrogen-bond acceptors (Lipinski definition) is 9. The molecule has 0 spiro atoms. The lowest BCUT2D eigenvalue weighted by Crippen LogP contribution is -2.06. The van der Waals surface area contributed by atoms with Crippen LogP contribution in [-0.2, 0) is 20.3 Å². The summed E-state index contributed by atoms with van der Waals surface area (Å²) in [5, 5.41) is 5.65. The van der Waals surface area contributed by atoms with Crippen LogP contribution < -0.4 is 0 Å². The van der Waals surface area contributed by atoms with Crippen LogP contribution in [0.5, 0.6) is 0 Å². The molecule has 0 unspecified atom stereocenters. The van der Waals surface area contributed by atoms with E-state index in [0.717, 1.165) is 0 Å². The first kappa shape index (κ1) is 17.2. The lowest BCUT2D eigenvalue weighted by atomic mass is 10.3. The van der Waals surface area contributed by atoms with Crippen LogP contribution in [0, 0.1) is 0 Å². The number of carbonyl (C=O) groups excluding carboxylic acids is 1. The summed E-state index contributed by atoms with van der Waals surface area (Å²) in [6, 6.07) is 6.10. The maximum absolute atomic E-state index is 12.3. The Bertz CT molecular complexity index is 980. The van der Waals surface area contributed by atoms with E-state index in [9.17, 15) is 13.2 Å². The van der Waals surface area contributed by atoms with E-state index in [2.05, 4.69) is 15.1 Å². The minimum atomic E-state index is -3.58. The lowest BCUT2D eigenvalue weighted by molar-refractivity contribution is 0.0514. The van der Waals surface area contributed by atoms with Gasteiger partial charge in [-0.25, -0.2) is 23.2 Å². The first-order valence-corrected chi connectivity index (χ1v) is 9.75. The zero-order chi connectivity index (χ0) is 17.9. The number of ether oxygens (including phenoxy) is 1. The molecule has 10 heteroatoms. The first-order valence-electron chi connectivity index (χ1n) is 7.22. The Balaban J connectivity index is 1.78. The number of aromatic nitrogens is 3. The average molecular weight is 379 g/mol. The highest BCUT2D eigenvalue weighted by molar-refractivity contribution is 7.90. The van der Waals surface area contributed by atoms with Gasteiger partial charge in [0.2, 0.25) is 9.84 Å². The van der Waals surface area contributed by atoms with Crippen LogP contribution in [0.4, 0.5) is 0 Å². The first-order chi connectivity index (χ1) is 12.0. The lowest BCUT2D eigenvalue weighted by Gasteiger charge is -2.00. The van der Waals surface area contributed by atoms with Gasteiger partial charge in [-0.2, -0.15) is 0 Å². The maximum Gasteiger partial charge on any atom is 0.360 e. The molecular formula is C15H13N3O5S2. The minimum Gasteiger partial charge on any atom is -0.461 e. The Kier molecular flexibility index (Phi) is 4.91. The predicted molar refractivity (Wildman–Crippen MR) is 88.7 cm³/mol. The van der Waals surface area contributed by atoms with Crippen molar-refractivity contribution >= 4 is 27.1 Å². The summed E-state index contributed by atoms with van der Waals surface area (Å²) in [6.45, 7) is 1.92. The van der Waals surface area contributed by atoms with E-state index in [1.165, 1.54) is 29.7 Å². The van der Waals surface area contributed by atoms with Crippen molar-refractivity contribution in [3.63, 3.8) is 0 Å². The van der Waals surface area contributed by atoms with Gasteiger partial charge in [-0.05, 0) is 19.1 Å². The van der Waals surface area contributed by atoms with E-state index in [4.69, 9.17) is 9.26 Å². The zero-order valence-corrected chi connectivity index (χ0v) is 14.7. The molecule has 0 saturated carbocycles. The highest BCUT2D eigenvalue weighted by Gasteiger charge is 2.21. The summed E-state index contributed by atoms with van der Waals surface area (Å²) in [5.74, 6) is -0.598. The van der Waals surface area contributed by atoms with Gasteiger partial charge in [0, 0.05) is 17.6 Å². The summed E-state index contributed by atoms with van der Waals surface area (Å²) in [5.41, 5.74) is 0.437. The summed E-state index contributed by atoms with van der Waals surface area (Å²) in [6.07, 6.45) is 1.42. The molecule has 0 amide bonds. The molecule has 0 aliphatic heterocycles. The quantitative estimate of drug-likeness (QED) is 0.600. The van der Waals surface area contributed by atoms with Gasteiger partial charge in [0.25, 0.3) is 0 Å². The highest BCUT2D eigenvalue weighted by Crippen LogP contribution is 2.25. The standard InChI is InChI=1S/C15H13N3O5S2/c1-2-22-15(19)10-7-12(23-18-10)11-8-24-13(17-11)9-25(20,21)14-5-3-4-6-16-14/h3-8H,2,9H2,1H3. The van der Waals surface area contributed by atoms with Crippen molar-refractivity contribution in [2.75, 3.05) is 6.61 Å². The summed E-state index contributed by atoms with van der Waals surface area (Å²) >= 11 is 1.17. The van der Waals surface area contributed by atoms with E-state index in [1.807, 2.05) is 0 Å². The van der Waals surface area contributed by atoms with E-state index >= 15 is 0 Å². The zero-order valence-electron chi connectivity index (χ0n) is 13.1. The van der Waals surface area contributed by atoms with Crippen molar-refractivity contribution in [2.45, 2.75) is 17.7 Å². The smallest absolute Gasteiger partial charge is 0.360 e. The number of rotatable bonds is 6. The molecule has 0 N–H and O–H groups in total. The van der Waals surface area contributed by atoms with Crippen LogP contribution in [0.2, 0.25) is 0 Å². The second-order valence-electron chi connectivity index (χ2n) is 4.85. The molecule has 8 nitrogen and oxygen atoms in total. The third-order valence-corrected chi connectivity index (χ3v) is 5.63. The topological polar surface area (TPSA) is 112 Å². The Morgan fingerprint density at radius 3 is 2.92 bits per heavy atom. The molecule has 25 heavy (non-hydrogen) atoms. The molecule has 130 valence electrons. The van der Waals surface area contributed by atoms with Gasteiger partial charge in [0.05, 0.1) is 6.61 Å². The van der Waals surface area contributed by atoms with Gasteiger partial charge in [0.15, 0.2) is 16.5 Å². The largest absolute Gasteiger partial charge is 0.461 e. The van der Waals surface area contributed by atoms with Crippen molar-refractivity contribution in [1.82, 2.24) is 15.1 Å². The van der Waals surface area contributed by atoms with Crippen molar-refractivity contribution in [1.29, 1.82) is 0 Å². The van der Waals surface area contributed by atoms with Gasteiger partial charge < -0.3 is 9.26 Å². The predicted octanol–water partition coefficient (Wildman–Crippen LogP) is 2.34. The second kappa shape index (κ2) is 7.11. The van der Waals surface area contributed by atoms with Crippen molar-refractivity contribution in [2.24, 2.45) is 0 Å². The third-order valence-electron chi connectivity index (χ3n) is 3.07. The summed E-state index contributed by atoms with van der Waals surface area (Å²) in [4.78, 5) is 19.7. The highest BCUT2D eigenvalue weighted by atomic mass is 32.2. The Labute approximate surface area is 147 Å². The monoisotopic (exact) mass is 379 g/mol. The number of nitrogens with zero attached hydrogens (tertiary/aromatic N) is 3. The number of pyridine rings is 1. The molecular weight excluding hydrogens is 366 g/mol. The van der Waals surface area contributed by atoms with E-state index in [0.29, 0.717) is 10.7 Å². The molecule has 3 heterocycles. The van der Waals surface area contributed by atoms with Crippen molar-refractivity contribution < 1.29 is 22.5 Å². The molecule has 3 aromatic heterocycles. The van der Waals surface area contributed by atoms with Crippen LogP contribution >= 0.6 is 11.3 Å². The fourth-order valence-corrected chi connectivity index (χ4v) is 4.31. The number of hydrogen-bond donors (Lipinski definition) is 0. The van der Waals surface area contributed by atoms with Crippen LogP contribution in [0.1, 0.15) is 22.4 Å². The summed E-state index contributed by atoms with van der Waals surface area (Å²) in [7, 11) is -3.58. The average Bonchev–Trinajstić information content (AvgIpc) is 3.25. The van der Waals surface area contributed by atoms with E-state index in [1.54, 1.807) is 24.4 Å². The van der Waals surface area contributed by atoms with Gasteiger partial charge >= 0.3 is 5.97 Å². The van der Waals surface area contributed by atoms with Gasteiger partial charge in [-0.3, -0.25) is 0 Å². The maximum atomic E-state index is 12.3. The van der Waals surface area contributed by atoms with Crippen LogP contribution in [0.25, 0.3) is 11.5 Å². The molecule has 0 aromatic carbocycles. The number of sulfone groups is 1. The molecule has 0 saturated heterocycles. The molecule has 0 atom stereocenters. The molecule has 0 bridgehead atoms. The fraction of sp³-hybridized carbons (Fsp3) is 0.200. The Morgan fingerprint density at radius 2 is 2.20 bits per heavy atom. The normalized spacial score (nSPS) is 11.4. The molecule has 3 rings (SSSR count). The van der Waals surface area contributed by atoms with Crippen molar-refractivity contribution in [3.05, 3.63) is 46.5 Å². The van der Waals surface area contributed by atoms with Crippen LogP contribution in [-0.4, -0.2) is 36.1 Å². The van der Waals surface area contributed by atoms with Crippen LogP contribution in [0.3, 0.4) is 0 Å². The third kappa shape index (κ3) is 3.91. The Hall–Kier alpha value is -2.59. The Morgan fingerprint density at radius 1 is 1.36 bits per heavy atom. The summed E-state index contributed by atoms with van der Waals surface area (Å²) < 4.78 is 34.5. The second-order valence-corrected chi connectivity index (χ2v) is 7.73. The SMILES string of the molecule is CCOC(=O)c1cc(-c2csc(CS(=O)(=O)c3ccccn3)n2)on1. The molecule has 3 aromatic rings. The van der Waals surface area contributed by atoms with Gasteiger partial charge in [0.1, 0.15) is 16.5 Å². The van der Waals surface area contributed by atoms with Crippen molar-refractivity contribution in [3.8, 4) is 11.5 Å². The van der Waals surface area contributed by atoms with Gasteiger partial charge in [-0.15, -0.1) is 11.3 Å². The minimum absolute atomic E-state index is 0.00369. The number of esters is 1. The van der Waals surface area contributed by atoms with Gasteiger partial charge in [-0.1, -0.05) is 11.2 Å². The van der Waals surface area contributed by atoms with E-state index in [-0.39, 0.29) is 28.8 Å². The molecule has 0 aliphatic carbocycles. The van der Waals surface area contributed by atoms with E-state index < -0.39 is 15.8 Å². The molecule has 0 radical (unpaired) electrons. The fourth-order valence-electron chi connectivity index (χ4n) is 1.96.